The van der Waals surface area contributed by atoms with Crippen LogP contribution in [-0.2, 0) is 4.79 Å². The normalized spacial score (nSPS) is 35.6. The molecule has 2 rings (SSSR count). The molecule has 2 saturated heterocycles. The molecule has 18 heavy (non-hydrogen) atoms. The lowest BCUT2D eigenvalue weighted by molar-refractivity contribution is -0.111. The van der Waals surface area contributed by atoms with Gasteiger partial charge in [-0.3, -0.25) is 0 Å². The van der Waals surface area contributed by atoms with Crippen molar-refractivity contribution in [2.75, 3.05) is 19.6 Å². The Hall–Kier alpha value is -0.550. The molecule has 0 saturated carbocycles. The van der Waals surface area contributed by atoms with E-state index in [0.717, 1.165) is 19.3 Å². The molecule has 0 aromatic rings. The maximum atomic E-state index is 13.0. The molecule has 2 aliphatic rings. The van der Waals surface area contributed by atoms with Crippen LogP contribution in [0.25, 0.3) is 0 Å². The zero-order valence-electron chi connectivity index (χ0n) is 11.1. The first-order chi connectivity index (χ1) is 8.32. The van der Waals surface area contributed by atoms with Crippen LogP contribution in [0.2, 0.25) is 0 Å². The second-order valence-electron chi connectivity index (χ2n) is 6.33. The molecule has 2 aliphatic heterocycles. The van der Waals surface area contributed by atoms with Crippen molar-refractivity contribution in [3.05, 3.63) is 0 Å². The van der Waals surface area contributed by atoms with Gasteiger partial charge in [-0.05, 0) is 11.8 Å². The first kappa shape index (κ1) is 13.9. The van der Waals surface area contributed by atoms with E-state index in [1.54, 1.807) is 0 Å². The number of rotatable bonds is 3. The first-order valence-electron chi connectivity index (χ1n) is 6.64. The van der Waals surface area contributed by atoms with Crippen molar-refractivity contribution in [3.63, 3.8) is 0 Å². The molecule has 0 bridgehead atoms. The third-order valence-electron chi connectivity index (χ3n) is 4.23. The Labute approximate surface area is 107 Å². The fourth-order valence-corrected chi connectivity index (χ4v) is 3.02. The summed E-state index contributed by atoms with van der Waals surface area (Å²) in [6.45, 7) is 5.82. The third-order valence-corrected chi connectivity index (χ3v) is 4.23. The Morgan fingerprint density at radius 2 is 1.94 bits per heavy atom. The van der Waals surface area contributed by atoms with E-state index in [4.69, 9.17) is 0 Å². The molecule has 2 heterocycles. The number of halogens is 2. The summed E-state index contributed by atoms with van der Waals surface area (Å²) >= 11 is 0. The van der Waals surface area contributed by atoms with Gasteiger partial charge in [0.15, 0.2) is 0 Å². The molecule has 0 aromatic heterocycles. The minimum Gasteiger partial charge on any atom is -0.303 e. The van der Waals surface area contributed by atoms with E-state index in [9.17, 15) is 13.6 Å². The first-order valence-corrected chi connectivity index (χ1v) is 6.64. The number of hydrogen-bond acceptors (Lipinski definition) is 3. The zero-order valence-corrected chi connectivity index (χ0v) is 11.1. The monoisotopic (exact) mass is 260 g/mol. The number of aldehydes is 1. The number of carbonyl (C=O) groups is 1. The molecule has 5 heteroatoms. The van der Waals surface area contributed by atoms with Crippen LogP contribution >= 0.6 is 0 Å². The lowest BCUT2D eigenvalue weighted by atomic mass is 9.84. The van der Waals surface area contributed by atoms with Gasteiger partial charge >= 0.3 is 0 Å². The van der Waals surface area contributed by atoms with Crippen molar-refractivity contribution in [2.24, 2.45) is 5.41 Å². The molecule has 0 radical (unpaired) electrons. The van der Waals surface area contributed by atoms with Crippen LogP contribution < -0.4 is 5.32 Å². The van der Waals surface area contributed by atoms with Crippen LogP contribution in [0.1, 0.15) is 33.1 Å². The summed E-state index contributed by atoms with van der Waals surface area (Å²) in [5, 5.41) is 3.30. The van der Waals surface area contributed by atoms with Gasteiger partial charge in [-0.1, -0.05) is 13.8 Å². The highest BCUT2D eigenvalue weighted by Gasteiger charge is 2.41. The van der Waals surface area contributed by atoms with Gasteiger partial charge in [0.1, 0.15) is 6.29 Å². The molecule has 0 amide bonds. The summed E-state index contributed by atoms with van der Waals surface area (Å²) in [4.78, 5) is 13.1. The van der Waals surface area contributed by atoms with Gasteiger partial charge in [-0.15, -0.1) is 0 Å². The molecule has 0 spiro atoms. The number of nitrogens with zero attached hydrogens (tertiary/aromatic N) is 1. The van der Waals surface area contributed by atoms with Crippen molar-refractivity contribution in [1.29, 1.82) is 0 Å². The predicted octanol–water partition coefficient (Wildman–Crippen LogP) is 1.67. The highest BCUT2D eigenvalue weighted by molar-refractivity contribution is 5.60. The molecular formula is C13H22F2N2O. The summed E-state index contributed by atoms with van der Waals surface area (Å²) < 4.78 is 26.1. The highest BCUT2D eigenvalue weighted by Crippen LogP contribution is 2.33. The SMILES string of the molecule is CC1(C)CC(CN2CCC(F)(F)CC2)NC1C=O. The van der Waals surface area contributed by atoms with Crippen LogP contribution in [0.3, 0.4) is 0 Å². The maximum Gasteiger partial charge on any atom is 0.250 e. The number of carbonyl (C=O) groups excluding carboxylic acids is 1. The minimum atomic E-state index is -2.48. The van der Waals surface area contributed by atoms with E-state index in [-0.39, 0.29) is 30.3 Å². The quantitative estimate of drug-likeness (QED) is 0.784. The van der Waals surface area contributed by atoms with Gasteiger partial charge in [-0.25, -0.2) is 8.78 Å². The standard InChI is InChI=1S/C13H22F2N2O/c1-12(2)7-10(16-11(12)9-18)8-17-5-3-13(14,15)4-6-17/h9-11,16H,3-8H2,1-2H3. The average molecular weight is 260 g/mol. The maximum absolute atomic E-state index is 13.0. The average Bonchev–Trinajstić information content (AvgIpc) is 2.56. The van der Waals surface area contributed by atoms with E-state index in [2.05, 4.69) is 24.1 Å². The topological polar surface area (TPSA) is 32.3 Å². The Morgan fingerprint density at radius 1 is 1.33 bits per heavy atom. The van der Waals surface area contributed by atoms with Crippen molar-refractivity contribution in [2.45, 2.75) is 51.1 Å². The van der Waals surface area contributed by atoms with E-state index in [1.807, 2.05) is 0 Å². The fourth-order valence-electron chi connectivity index (χ4n) is 3.02. The summed E-state index contributed by atoms with van der Waals surface area (Å²) in [5.74, 6) is -2.48. The minimum absolute atomic E-state index is 0.0356. The largest absolute Gasteiger partial charge is 0.303 e. The number of hydrogen-bond donors (Lipinski definition) is 1. The molecule has 1 N–H and O–H groups in total. The Balaban J connectivity index is 1.84. The zero-order chi connectivity index (χ0) is 13.4. The Morgan fingerprint density at radius 3 is 2.44 bits per heavy atom. The highest BCUT2D eigenvalue weighted by atomic mass is 19.3. The van der Waals surface area contributed by atoms with Gasteiger partial charge in [-0.2, -0.15) is 0 Å². The number of alkyl halides is 2. The van der Waals surface area contributed by atoms with E-state index < -0.39 is 5.92 Å². The number of nitrogens with one attached hydrogen (secondary N) is 1. The molecule has 0 aromatic carbocycles. The molecule has 0 aliphatic carbocycles. The Kier molecular flexibility index (Phi) is 3.74. The molecule has 2 unspecified atom stereocenters. The lowest BCUT2D eigenvalue weighted by Crippen LogP contribution is -2.46. The van der Waals surface area contributed by atoms with Crippen LogP contribution in [0.4, 0.5) is 8.78 Å². The fraction of sp³-hybridized carbons (Fsp3) is 0.923. The van der Waals surface area contributed by atoms with Crippen molar-refractivity contribution < 1.29 is 13.6 Å². The summed E-state index contributed by atoms with van der Waals surface area (Å²) in [7, 11) is 0. The van der Waals surface area contributed by atoms with Crippen LogP contribution in [-0.4, -0.2) is 48.8 Å². The van der Waals surface area contributed by atoms with Gasteiger partial charge < -0.3 is 15.0 Å². The predicted molar refractivity (Wildman–Crippen MR) is 65.8 cm³/mol. The van der Waals surface area contributed by atoms with Crippen molar-refractivity contribution in [1.82, 2.24) is 10.2 Å². The van der Waals surface area contributed by atoms with Gasteiger partial charge in [0.05, 0.1) is 6.04 Å². The molecule has 3 nitrogen and oxygen atoms in total. The van der Waals surface area contributed by atoms with Crippen molar-refractivity contribution in [3.8, 4) is 0 Å². The van der Waals surface area contributed by atoms with E-state index in [1.165, 1.54) is 0 Å². The molecule has 104 valence electrons. The van der Waals surface area contributed by atoms with E-state index >= 15 is 0 Å². The van der Waals surface area contributed by atoms with Gasteiger partial charge in [0.25, 0.3) is 5.92 Å². The second-order valence-corrected chi connectivity index (χ2v) is 6.33. The lowest BCUT2D eigenvalue weighted by Gasteiger charge is -2.33. The van der Waals surface area contributed by atoms with Gasteiger partial charge in [0.2, 0.25) is 0 Å². The molecule has 2 fully saturated rings. The smallest absolute Gasteiger partial charge is 0.250 e. The van der Waals surface area contributed by atoms with Crippen LogP contribution in [0.15, 0.2) is 0 Å². The van der Waals surface area contributed by atoms with Crippen LogP contribution in [0, 0.1) is 5.41 Å². The molecule has 2 atom stereocenters. The van der Waals surface area contributed by atoms with Crippen LogP contribution in [0.5, 0.6) is 0 Å². The summed E-state index contributed by atoms with van der Waals surface area (Å²) in [6, 6.07) is 0.121. The van der Waals surface area contributed by atoms with Gasteiger partial charge in [0, 0.05) is 38.5 Å². The third kappa shape index (κ3) is 3.06. The Bertz CT molecular complexity index is 310. The van der Waals surface area contributed by atoms with Crippen molar-refractivity contribution >= 4 is 6.29 Å². The number of piperidine rings is 1. The molecular weight excluding hydrogens is 238 g/mol. The number of likely N-dealkylation sites (tertiary alicyclic amines) is 1. The summed E-state index contributed by atoms with van der Waals surface area (Å²) in [6.07, 6.45) is 1.80. The van der Waals surface area contributed by atoms with E-state index in [0.29, 0.717) is 13.1 Å². The second kappa shape index (κ2) is 4.85. The summed E-state index contributed by atoms with van der Waals surface area (Å²) in [5.41, 5.74) is -0.0356.